The molecule has 1 N–H and O–H groups in total. The number of benzene rings is 1. The fraction of sp³-hybridized carbons (Fsp3) is 0.308. The topological polar surface area (TPSA) is 33.1 Å². The van der Waals surface area contributed by atoms with Crippen molar-refractivity contribution in [2.45, 2.75) is 25.4 Å². The lowest BCUT2D eigenvalue weighted by Crippen LogP contribution is -2.06. The van der Waals surface area contributed by atoms with Gasteiger partial charge in [0.2, 0.25) is 0 Å². The molecule has 1 atom stereocenters. The number of nitrogens with zero attached hydrogens (tertiary/aromatic N) is 1. The van der Waals surface area contributed by atoms with Crippen molar-refractivity contribution >= 4 is 27.3 Å². The molecule has 1 aliphatic rings. The molecule has 0 radical (unpaired) electrons. The maximum atomic E-state index is 9.95. The molecule has 1 aromatic heterocycles. The highest BCUT2D eigenvalue weighted by Crippen LogP contribution is 2.39. The van der Waals surface area contributed by atoms with Crippen LogP contribution in [-0.2, 0) is 6.42 Å². The molecule has 1 unspecified atom stereocenters. The summed E-state index contributed by atoms with van der Waals surface area (Å²) in [6.45, 7) is 0. The van der Waals surface area contributed by atoms with Crippen LogP contribution in [0.4, 0.5) is 0 Å². The van der Waals surface area contributed by atoms with Gasteiger partial charge in [0.1, 0.15) is 5.01 Å². The highest BCUT2D eigenvalue weighted by atomic mass is 79.9. The zero-order valence-electron chi connectivity index (χ0n) is 9.19. The van der Waals surface area contributed by atoms with Crippen LogP contribution < -0.4 is 0 Å². The first kappa shape index (κ1) is 11.4. The predicted molar refractivity (Wildman–Crippen MR) is 73.1 cm³/mol. The van der Waals surface area contributed by atoms with Gasteiger partial charge in [-0.05, 0) is 25.3 Å². The smallest absolute Gasteiger partial charge is 0.125 e. The third kappa shape index (κ3) is 2.05. The molecule has 0 saturated carbocycles. The maximum absolute atomic E-state index is 9.95. The molecule has 0 saturated heterocycles. The number of aliphatic hydroxyl groups is 1. The van der Waals surface area contributed by atoms with Crippen LogP contribution in [0.3, 0.4) is 0 Å². The molecule has 88 valence electrons. The molecule has 2 aromatic rings. The summed E-state index contributed by atoms with van der Waals surface area (Å²) in [6, 6.07) is 8.08. The average molecular weight is 310 g/mol. The summed E-state index contributed by atoms with van der Waals surface area (Å²) in [6.07, 6.45) is 2.58. The highest BCUT2D eigenvalue weighted by Gasteiger charge is 2.23. The molecule has 3 rings (SSSR count). The van der Waals surface area contributed by atoms with Crippen LogP contribution in [0.2, 0.25) is 0 Å². The van der Waals surface area contributed by atoms with Crippen molar-refractivity contribution in [3.8, 4) is 10.6 Å². The third-order valence-electron chi connectivity index (χ3n) is 3.03. The summed E-state index contributed by atoms with van der Waals surface area (Å²) in [5, 5.41) is 11.0. The SMILES string of the molecule is OC1CCCc2nc(-c3ccccc3Br)sc21. The Morgan fingerprint density at radius 2 is 2.18 bits per heavy atom. The van der Waals surface area contributed by atoms with Crippen molar-refractivity contribution in [2.75, 3.05) is 0 Å². The standard InChI is InChI=1S/C13H12BrNOS/c14-9-5-2-1-4-8(9)13-15-10-6-3-7-11(16)12(10)17-13/h1-2,4-5,11,16H,3,6-7H2. The van der Waals surface area contributed by atoms with E-state index in [1.807, 2.05) is 18.2 Å². The van der Waals surface area contributed by atoms with Crippen molar-refractivity contribution in [1.29, 1.82) is 0 Å². The van der Waals surface area contributed by atoms with Crippen LogP contribution in [0.25, 0.3) is 10.6 Å². The lowest BCUT2D eigenvalue weighted by atomic mass is 10.0. The number of aliphatic hydroxyl groups excluding tert-OH is 1. The number of hydrogen-bond acceptors (Lipinski definition) is 3. The number of fused-ring (bicyclic) bond motifs is 1. The van der Waals surface area contributed by atoms with Crippen molar-refractivity contribution in [1.82, 2.24) is 4.98 Å². The fourth-order valence-corrected chi connectivity index (χ4v) is 3.92. The van der Waals surface area contributed by atoms with Crippen molar-refractivity contribution in [3.63, 3.8) is 0 Å². The zero-order valence-corrected chi connectivity index (χ0v) is 11.6. The normalized spacial score (nSPS) is 19.1. The summed E-state index contributed by atoms with van der Waals surface area (Å²) < 4.78 is 1.06. The first-order valence-electron chi connectivity index (χ1n) is 5.68. The average Bonchev–Trinajstić information content (AvgIpc) is 2.75. The van der Waals surface area contributed by atoms with E-state index in [9.17, 15) is 5.11 Å². The van der Waals surface area contributed by atoms with Crippen molar-refractivity contribution < 1.29 is 5.11 Å². The molecular formula is C13H12BrNOS. The Hall–Kier alpha value is -0.710. The monoisotopic (exact) mass is 309 g/mol. The Kier molecular flexibility index (Phi) is 3.03. The lowest BCUT2D eigenvalue weighted by molar-refractivity contribution is 0.160. The quantitative estimate of drug-likeness (QED) is 0.865. The highest BCUT2D eigenvalue weighted by molar-refractivity contribution is 9.10. The van der Waals surface area contributed by atoms with E-state index in [2.05, 4.69) is 27.0 Å². The molecule has 1 aromatic carbocycles. The van der Waals surface area contributed by atoms with Crippen molar-refractivity contribution in [2.24, 2.45) is 0 Å². The van der Waals surface area contributed by atoms with Crippen LogP contribution in [0, 0.1) is 0 Å². The molecule has 0 fully saturated rings. The maximum Gasteiger partial charge on any atom is 0.125 e. The minimum Gasteiger partial charge on any atom is -0.388 e. The number of aromatic nitrogens is 1. The minimum atomic E-state index is -0.313. The Morgan fingerprint density at radius 3 is 2.94 bits per heavy atom. The Balaban J connectivity index is 2.08. The summed E-state index contributed by atoms with van der Waals surface area (Å²) in [5.41, 5.74) is 2.19. The van der Waals surface area contributed by atoms with Crippen LogP contribution >= 0.6 is 27.3 Å². The summed E-state index contributed by atoms with van der Waals surface area (Å²) in [5.74, 6) is 0. The van der Waals surface area contributed by atoms with Gasteiger partial charge >= 0.3 is 0 Å². The first-order chi connectivity index (χ1) is 8.25. The zero-order chi connectivity index (χ0) is 11.8. The van der Waals surface area contributed by atoms with E-state index in [1.165, 1.54) is 0 Å². The van der Waals surface area contributed by atoms with E-state index in [0.717, 1.165) is 44.9 Å². The number of halogens is 1. The Morgan fingerprint density at radius 1 is 1.35 bits per heavy atom. The van der Waals surface area contributed by atoms with Crippen LogP contribution in [0.1, 0.15) is 29.5 Å². The molecule has 0 amide bonds. The third-order valence-corrected chi connectivity index (χ3v) is 4.95. The van der Waals surface area contributed by atoms with Gasteiger partial charge < -0.3 is 5.11 Å². The molecule has 0 spiro atoms. The van der Waals surface area contributed by atoms with Crippen LogP contribution in [-0.4, -0.2) is 10.1 Å². The van der Waals surface area contributed by atoms with Gasteiger partial charge in [0.25, 0.3) is 0 Å². The lowest BCUT2D eigenvalue weighted by Gasteiger charge is -2.14. The van der Waals surface area contributed by atoms with Gasteiger partial charge in [-0.1, -0.05) is 34.1 Å². The van der Waals surface area contributed by atoms with Gasteiger partial charge in [-0.2, -0.15) is 0 Å². The van der Waals surface area contributed by atoms with Gasteiger partial charge in [-0.25, -0.2) is 4.98 Å². The second-order valence-electron chi connectivity index (χ2n) is 4.22. The van der Waals surface area contributed by atoms with Crippen molar-refractivity contribution in [3.05, 3.63) is 39.3 Å². The molecular weight excluding hydrogens is 298 g/mol. The summed E-state index contributed by atoms with van der Waals surface area (Å²) in [7, 11) is 0. The molecule has 0 bridgehead atoms. The molecule has 2 nitrogen and oxygen atoms in total. The summed E-state index contributed by atoms with van der Waals surface area (Å²) >= 11 is 5.17. The molecule has 1 heterocycles. The number of thiazole rings is 1. The largest absolute Gasteiger partial charge is 0.388 e. The summed E-state index contributed by atoms with van der Waals surface area (Å²) in [4.78, 5) is 5.72. The van der Waals surface area contributed by atoms with E-state index in [4.69, 9.17) is 0 Å². The predicted octanol–water partition coefficient (Wildman–Crippen LogP) is 3.94. The molecule has 0 aliphatic heterocycles. The molecule has 1 aliphatic carbocycles. The number of rotatable bonds is 1. The van der Waals surface area contributed by atoms with E-state index >= 15 is 0 Å². The van der Waals surface area contributed by atoms with Gasteiger partial charge in [0, 0.05) is 10.0 Å². The molecule has 4 heteroatoms. The van der Waals surface area contributed by atoms with Gasteiger partial charge in [-0.15, -0.1) is 11.3 Å². The van der Waals surface area contributed by atoms with E-state index < -0.39 is 0 Å². The van der Waals surface area contributed by atoms with E-state index in [-0.39, 0.29) is 6.10 Å². The fourth-order valence-electron chi connectivity index (χ4n) is 2.15. The van der Waals surface area contributed by atoms with Gasteiger partial charge in [0.15, 0.2) is 0 Å². The minimum absolute atomic E-state index is 0.313. The van der Waals surface area contributed by atoms with Gasteiger partial charge in [0.05, 0.1) is 16.7 Å². The number of aryl methyl sites for hydroxylation is 1. The molecule has 17 heavy (non-hydrogen) atoms. The second kappa shape index (κ2) is 4.52. The first-order valence-corrected chi connectivity index (χ1v) is 7.29. The second-order valence-corrected chi connectivity index (χ2v) is 6.10. The van der Waals surface area contributed by atoms with E-state index in [0.29, 0.717) is 0 Å². The number of hydrogen-bond donors (Lipinski definition) is 1. The van der Waals surface area contributed by atoms with Crippen LogP contribution in [0.15, 0.2) is 28.7 Å². The van der Waals surface area contributed by atoms with Gasteiger partial charge in [-0.3, -0.25) is 0 Å². The Bertz CT molecular complexity index is 552. The van der Waals surface area contributed by atoms with Crippen LogP contribution in [0.5, 0.6) is 0 Å². The Labute approximate surface area is 112 Å². The van der Waals surface area contributed by atoms with E-state index in [1.54, 1.807) is 11.3 Å².